The number of cyclic esters (lactones) is 1. The summed E-state index contributed by atoms with van der Waals surface area (Å²) < 4.78 is 12.3. The second kappa shape index (κ2) is 5.36. The number of benzene rings is 3. The van der Waals surface area contributed by atoms with Gasteiger partial charge in [0.2, 0.25) is 0 Å². The fourth-order valence-corrected chi connectivity index (χ4v) is 3.99. The second-order valence-corrected chi connectivity index (χ2v) is 7.38. The maximum Gasteiger partial charge on any atom is 0.418 e. The van der Waals surface area contributed by atoms with Crippen LogP contribution in [0, 0.1) is 0 Å². The van der Waals surface area contributed by atoms with E-state index in [2.05, 4.69) is 12.1 Å². The van der Waals surface area contributed by atoms with Gasteiger partial charge in [0.1, 0.15) is 5.75 Å². The summed E-state index contributed by atoms with van der Waals surface area (Å²) >= 11 is 0. The molecular formula is C23H19NO3. The number of anilines is 1. The maximum absolute atomic E-state index is 12.8. The molecule has 1 atom stereocenters. The quantitative estimate of drug-likeness (QED) is 0.587. The monoisotopic (exact) mass is 357 g/mol. The number of ether oxygens (including phenoxy) is 2. The van der Waals surface area contributed by atoms with Crippen LogP contribution in [0.4, 0.5) is 10.5 Å². The van der Waals surface area contributed by atoms with Gasteiger partial charge >= 0.3 is 6.09 Å². The minimum Gasteiger partial charge on any atom is -0.459 e. The summed E-state index contributed by atoms with van der Waals surface area (Å²) in [5.41, 5.74) is -0.162. The van der Waals surface area contributed by atoms with Crippen LogP contribution >= 0.6 is 0 Å². The Morgan fingerprint density at radius 2 is 1.59 bits per heavy atom. The molecule has 0 saturated carbocycles. The van der Waals surface area contributed by atoms with Gasteiger partial charge in [0.15, 0.2) is 5.60 Å². The van der Waals surface area contributed by atoms with E-state index in [-0.39, 0.29) is 0 Å². The lowest BCUT2D eigenvalue weighted by Gasteiger charge is -2.42. The summed E-state index contributed by atoms with van der Waals surface area (Å²) in [5, 5.41) is 2.27. The molecule has 134 valence electrons. The van der Waals surface area contributed by atoms with Gasteiger partial charge < -0.3 is 9.47 Å². The summed E-state index contributed by atoms with van der Waals surface area (Å²) in [5.74, 6) is 0.739. The van der Waals surface area contributed by atoms with Crippen LogP contribution in [0.1, 0.15) is 19.4 Å². The van der Waals surface area contributed by atoms with Gasteiger partial charge in [0.05, 0.1) is 5.69 Å². The zero-order chi connectivity index (χ0) is 18.6. The first-order chi connectivity index (χ1) is 13.0. The number of rotatable bonds is 1. The van der Waals surface area contributed by atoms with E-state index >= 15 is 0 Å². The molecule has 1 fully saturated rings. The number of nitrogens with zero attached hydrogens (tertiary/aromatic N) is 1. The number of fused-ring (bicyclic) bond motifs is 3. The minimum atomic E-state index is -1.05. The zero-order valence-electron chi connectivity index (χ0n) is 15.2. The van der Waals surface area contributed by atoms with Gasteiger partial charge in [-0.2, -0.15) is 0 Å². The van der Waals surface area contributed by atoms with Crippen LogP contribution < -0.4 is 9.64 Å². The van der Waals surface area contributed by atoms with Crippen LogP contribution in [-0.4, -0.2) is 17.4 Å². The normalized spacial score (nSPS) is 22.6. The molecular weight excluding hydrogens is 338 g/mol. The average molecular weight is 357 g/mol. The van der Waals surface area contributed by atoms with Crippen LogP contribution in [0.25, 0.3) is 16.8 Å². The number of carbonyl (C=O) groups excluding carboxylic acids is 1. The minimum absolute atomic E-state index is 0.417. The van der Waals surface area contributed by atoms with Gasteiger partial charge in [-0.3, -0.25) is 0 Å². The van der Waals surface area contributed by atoms with Crippen LogP contribution in [0.2, 0.25) is 0 Å². The fraction of sp³-hybridized carbons (Fsp3) is 0.174. The van der Waals surface area contributed by atoms with Crippen molar-refractivity contribution in [3.05, 3.63) is 78.4 Å². The predicted octanol–water partition coefficient (Wildman–Crippen LogP) is 5.38. The predicted molar refractivity (Wildman–Crippen MR) is 106 cm³/mol. The largest absolute Gasteiger partial charge is 0.459 e. The first-order valence-electron chi connectivity index (χ1n) is 9.00. The molecule has 1 spiro atoms. The Kier molecular flexibility index (Phi) is 3.17. The summed E-state index contributed by atoms with van der Waals surface area (Å²) in [6, 6.07) is 21.7. The molecule has 3 aromatic carbocycles. The Hall–Kier alpha value is -3.27. The van der Waals surface area contributed by atoms with Gasteiger partial charge in [0, 0.05) is 5.56 Å². The fourth-order valence-electron chi connectivity index (χ4n) is 3.99. The molecule has 0 aromatic heterocycles. The summed E-state index contributed by atoms with van der Waals surface area (Å²) in [7, 11) is 0. The molecule has 0 aliphatic carbocycles. The second-order valence-electron chi connectivity index (χ2n) is 7.38. The smallest absolute Gasteiger partial charge is 0.418 e. The van der Waals surface area contributed by atoms with Crippen molar-refractivity contribution in [2.24, 2.45) is 0 Å². The third-order valence-electron chi connectivity index (χ3n) is 5.41. The molecule has 2 heterocycles. The Bertz CT molecular complexity index is 1090. The van der Waals surface area contributed by atoms with Gasteiger partial charge in [0.25, 0.3) is 5.72 Å². The van der Waals surface area contributed by atoms with Crippen molar-refractivity contribution in [1.82, 2.24) is 0 Å². The van der Waals surface area contributed by atoms with Crippen molar-refractivity contribution in [1.29, 1.82) is 0 Å². The molecule has 0 unspecified atom stereocenters. The number of hydrogen-bond acceptors (Lipinski definition) is 3. The van der Waals surface area contributed by atoms with Crippen LogP contribution in [0.5, 0.6) is 5.75 Å². The molecule has 1 saturated heterocycles. The summed E-state index contributed by atoms with van der Waals surface area (Å²) in [6.07, 6.45) is 3.57. The molecule has 0 bridgehead atoms. The molecule has 27 heavy (non-hydrogen) atoms. The molecule has 2 aliphatic rings. The Labute approximate surface area is 157 Å². The number of carbonyl (C=O) groups is 1. The average Bonchev–Trinajstić information content (AvgIpc) is 2.86. The Morgan fingerprint density at radius 1 is 0.852 bits per heavy atom. The van der Waals surface area contributed by atoms with E-state index in [0.717, 1.165) is 27.8 Å². The number of amides is 1. The Balaban J connectivity index is 1.71. The summed E-state index contributed by atoms with van der Waals surface area (Å²) in [6.45, 7) is 3.76. The van der Waals surface area contributed by atoms with Crippen molar-refractivity contribution >= 4 is 28.6 Å². The lowest BCUT2D eigenvalue weighted by molar-refractivity contribution is -0.0378. The zero-order valence-corrected chi connectivity index (χ0v) is 15.2. The first kappa shape index (κ1) is 15.9. The van der Waals surface area contributed by atoms with Gasteiger partial charge in [-0.05, 0) is 55.0 Å². The molecule has 1 amide bonds. The maximum atomic E-state index is 12.8. The highest BCUT2D eigenvalue weighted by atomic mass is 16.6. The van der Waals surface area contributed by atoms with E-state index in [1.54, 1.807) is 4.90 Å². The highest BCUT2D eigenvalue weighted by Crippen LogP contribution is 2.48. The van der Waals surface area contributed by atoms with Crippen molar-refractivity contribution in [3.8, 4) is 5.75 Å². The molecule has 5 rings (SSSR count). The molecule has 0 N–H and O–H groups in total. The topological polar surface area (TPSA) is 38.8 Å². The number of para-hydroxylation sites is 1. The molecule has 4 heteroatoms. The Morgan fingerprint density at radius 3 is 2.41 bits per heavy atom. The van der Waals surface area contributed by atoms with E-state index < -0.39 is 17.4 Å². The lowest BCUT2D eigenvalue weighted by atomic mass is 9.89. The molecule has 4 nitrogen and oxygen atoms in total. The van der Waals surface area contributed by atoms with Crippen molar-refractivity contribution in [2.45, 2.75) is 25.2 Å². The van der Waals surface area contributed by atoms with Crippen molar-refractivity contribution in [2.75, 3.05) is 4.90 Å². The van der Waals surface area contributed by atoms with E-state index in [1.165, 1.54) is 0 Å². The van der Waals surface area contributed by atoms with E-state index in [9.17, 15) is 4.79 Å². The summed E-state index contributed by atoms with van der Waals surface area (Å²) in [4.78, 5) is 14.4. The van der Waals surface area contributed by atoms with Gasteiger partial charge in [-0.25, -0.2) is 9.69 Å². The van der Waals surface area contributed by atoms with Gasteiger partial charge in [-0.15, -0.1) is 0 Å². The van der Waals surface area contributed by atoms with Crippen LogP contribution in [0.15, 0.2) is 72.8 Å². The SMILES string of the molecule is CC1(C)OC(=O)N(c2ccccc2)[C@]12C=Cc1c(ccc3ccccc13)O2. The van der Waals surface area contributed by atoms with Crippen molar-refractivity contribution in [3.63, 3.8) is 0 Å². The highest BCUT2D eigenvalue weighted by Gasteiger charge is 2.63. The highest BCUT2D eigenvalue weighted by molar-refractivity contribution is 5.97. The first-order valence-corrected chi connectivity index (χ1v) is 9.00. The standard InChI is InChI=1S/C23H19NO3/c1-22(2)23(24(21(25)27-22)17-9-4-3-5-10-17)15-14-19-18-11-7-6-8-16(18)12-13-20(19)26-23/h3-15H,1-2H3/t23-/m0/s1. The third-order valence-corrected chi connectivity index (χ3v) is 5.41. The van der Waals surface area contributed by atoms with E-state index in [0.29, 0.717) is 0 Å². The molecule has 0 radical (unpaired) electrons. The van der Waals surface area contributed by atoms with E-state index in [1.807, 2.05) is 80.6 Å². The van der Waals surface area contributed by atoms with Crippen molar-refractivity contribution < 1.29 is 14.3 Å². The van der Waals surface area contributed by atoms with E-state index in [4.69, 9.17) is 9.47 Å². The molecule has 3 aromatic rings. The molecule has 2 aliphatic heterocycles. The number of hydrogen-bond donors (Lipinski definition) is 0. The van der Waals surface area contributed by atoms with Crippen LogP contribution in [-0.2, 0) is 4.74 Å². The van der Waals surface area contributed by atoms with Crippen LogP contribution in [0.3, 0.4) is 0 Å². The van der Waals surface area contributed by atoms with Gasteiger partial charge in [-0.1, -0.05) is 48.5 Å². The third kappa shape index (κ3) is 2.13. The lowest BCUT2D eigenvalue weighted by Crippen LogP contribution is -2.60.